The number of nitriles is 1. The zero-order valence-corrected chi connectivity index (χ0v) is 21.7. The van der Waals surface area contributed by atoms with Crippen molar-refractivity contribution < 1.29 is 9.47 Å². The zero-order valence-electron chi connectivity index (χ0n) is 21.7. The molecule has 0 aliphatic heterocycles. The molecule has 1 aliphatic carbocycles. The van der Waals surface area contributed by atoms with Gasteiger partial charge in [-0.2, -0.15) is 10.4 Å². The summed E-state index contributed by atoms with van der Waals surface area (Å²) in [6.45, 7) is 4.85. The molecule has 0 unspecified atom stereocenters. The number of aromatic nitrogens is 3. The van der Waals surface area contributed by atoms with Gasteiger partial charge in [-0.25, -0.2) is 0 Å². The number of hydrogen-bond donors (Lipinski definition) is 1. The number of pyridine rings is 1. The van der Waals surface area contributed by atoms with E-state index in [0.717, 1.165) is 29.5 Å². The SMILES string of the molecule is COc1ccc(C2(C#N)CCC(Nc3cc(-c4cnn(C)c4)cn(CC(C)C)c3=O)CC2)cc1OC. The summed E-state index contributed by atoms with van der Waals surface area (Å²) in [5, 5.41) is 18.0. The van der Waals surface area contributed by atoms with E-state index in [1.54, 1.807) is 23.5 Å². The van der Waals surface area contributed by atoms with Crippen molar-refractivity contribution in [1.29, 1.82) is 5.26 Å². The summed E-state index contributed by atoms with van der Waals surface area (Å²) in [5.41, 5.74) is 2.86. The highest BCUT2D eigenvalue weighted by Gasteiger charge is 2.38. The van der Waals surface area contributed by atoms with Gasteiger partial charge in [-0.05, 0) is 55.4 Å². The lowest BCUT2D eigenvalue weighted by Gasteiger charge is -2.36. The highest BCUT2D eigenvalue weighted by atomic mass is 16.5. The molecular formula is C28H35N5O3. The summed E-state index contributed by atoms with van der Waals surface area (Å²) in [7, 11) is 5.09. The van der Waals surface area contributed by atoms with E-state index in [1.165, 1.54) is 0 Å². The summed E-state index contributed by atoms with van der Waals surface area (Å²) < 4.78 is 14.4. The lowest BCUT2D eigenvalue weighted by molar-refractivity contribution is 0.335. The van der Waals surface area contributed by atoms with Crippen LogP contribution >= 0.6 is 0 Å². The Hall–Kier alpha value is -3.73. The lowest BCUT2D eigenvalue weighted by atomic mass is 9.69. The maximum absolute atomic E-state index is 13.3. The van der Waals surface area contributed by atoms with Crippen molar-refractivity contribution in [2.75, 3.05) is 19.5 Å². The first-order valence-corrected chi connectivity index (χ1v) is 12.4. The van der Waals surface area contributed by atoms with Gasteiger partial charge < -0.3 is 19.4 Å². The third kappa shape index (κ3) is 5.11. The maximum atomic E-state index is 13.3. The number of ether oxygens (including phenoxy) is 2. The van der Waals surface area contributed by atoms with E-state index < -0.39 is 5.41 Å². The van der Waals surface area contributed by atoms with Gasteiger partial charge in [0.05, 0.1) is 31.9 Å². The van der Waals surface area contributed by atoms with Crippen LogP contribution in [0.3, 0.4) is 0 Å². The second kappa shape index (κ2) is 10.5. The van der Waals surface area contributed by atoms with Crippen molar-refractivity contribution in [2.24, 2.45) is 13.0 Å². The van der Waals surface area contributed by atoms with Crippen molar-refractivity contribution in [3.05, 3.63) is 58.8 Å². The Morgan fingerprint density at radius 1 is 1.14 bits per heavy atom. The predicted molar refractivity (Wildman–Crippen MR) is 140 cm³/mol. The Balaban J connectivity index is 1.57. The molecule has 1 fully saturated rings. The molecule has 2 heterocycles. The molecule has 1 saturated carbocycles. The Labute approximate surface area is 212 Å². The van der Waals surface area contributed by atoms with Crippen LogP contribution in [-0.4, -0.2) is 34.6 Å². The van der Waals surface area contributed by atoms with E-state index in [2.05, 4.69) is 30.3 Å². The molecule has 0 radical (unpaired) electrons. The fraction of sp³-hybridized carbons (Fsp3) is 0.464. The van der Waals surface area contributed by atoms with Gasteiger partial charge in [-0.1, -0.05) is 19.9 Å². The lowest BCUT2D eigenvalue weighted by Crippen LogP contribution is -2.37. The Morgan fingerprint density at radius 3 is 2.44 bits per heavy atom. The number of methoxy groups -OCH3 is 2. The van der Waals surface area contributed by atoms with Crippen LogP contribution in [0.1, 0.15) is 45.1 Å². The summed E-state index contributed by atoms with van der Waals surface area (Å²) in [6, 6.07) is 10.4. The summed E-state index contributed by atoms with van der Waals surface area (Å²) in [4.78, 5) is 13.3. The number of hydrogen-bond acceptors (Lipinski definition) is 6. The normalized spacial score (nSPS) is 19.6. The van der Waals surface area contributed by atoms with Crippen LogP contribution in [0.4, 0.5) is 5.69 Å². The molecule has 8 nitrogen and oxygen atoms in total. The molecular weight excluding hydrogens is 454 g/mol. The minimum atomic E-state index is -0.590. The van der Waals surface area contributed by atoms with Crippen molar-refractivity contribution in [1.82, 2.24) is 14.3 Å². The Kier molecular flexibility index (Phi) is 7.39. The van der Waals surface area contributed by atoms with E-state index in [4.69, 9.17) is 9.47 Å². The second-order valence-electron chi connectivity index (χ2n) is 10.1. The molecule has 0 bridgehead atoms. The van der Waals surface area contributed by atoms with Gasteiger partial charge in [0, 0.05) is 43.2 Å². The molecule has 1 N–H and O–H groups in total. The number of anilines is 1. The molecule has 0 spiro atoms. The fourth-order valence-electron chi connectivity index (χ4n) is 5.07. The third-order valence-electron chi connectivity index (χ3n) is 7.04. The number of aryl methyl sites for hydroxylation is 1. The van der Waals surface area contributed by atoms with Crippen LogP contribution in [0.25, 0.3) is 11.1 Å². The highest BCUT2D eigenvalue weighted by Crippen LogP contribution is 2.42. The number of benzene rings is 1. The van der Waals surface area contributed by atoms with E-state index in [-0.39, 0.29) is 11.6 Å². The number of rotatable bonds is 8. The minimum absolute atomic E-state index is 0.0200. The number of nitrogens with one attached hydrogen (secondary N) is 1. The Bertz CT molecular complexity index is 1310. The third-order valence-corrected chi connectivity index (χ3v) is 7.04. The fourth-order valence-corrected chi connectivity index (χ4v) is 5.07. The van der Waals surface area contributed by atoms with Crippen LogP contribution in [0.15, 0.2) is 47.7 Å². The molecule has 3 aromatic rings. The van der Waals surface area contributed by atoms with Gasteiger partial charge >= 0.3 is 0 Å². The minimum Gasteiger partial charge on any atom is -0.493 e. The van der Waals surface area contributed by atoms with Gasteiger partial charge in [-0.3, -0.25) is 9.48 Å². The Morgan fingerprint density at radius 2 is 1.86 bits per heavy atom. The smallest absolute Gasteiger partial charge is 0.273 e. The second-order valence-corrected chi connectivity index (χ2v) is 10.1. The van der Waals surface area contributed by atoms with E-state index in [1.807, 2.05) is 49.9 Å². The maximum Gasteiger partial charge on any atom is 0.273 e. The standard InChI is InChI=1S/C28H35N5O3/c1-19(2)15-33-17-20(21-14-30-32(3)16-21)12-24(27(33)34)31-23-8-10-28(18-29,11-9-23)22-6-7-25(35-4)26(13-22)36-5/h6-7,12-14,16-17,19,23,31H,8-11,15H2,1-5H3. The van der Waals surface area contributed by atoms with Crippen molar-refractivity contribution in [3.8, 4) is 28.7 Å². The summed E-state index contributed by atoms with van der Waals surface area (Å²) >= 11 is 0. The van der Waals surface area contributed by atoms with Gasteiger partial charge in [0.2, 0.25) is 0 Å². The molecule has 190 valence electrons. The predicted octanol–water partition coefficient (Wildman–Crippen LogP) is 4.74. The van der Waals surface area contributed by atoms with Crippen LogP contribution in [0.2, 0.25) is 0 Å². The van der Waals surface area contributed by atoms with Crippen molar-refractivity contribution in [2.45, 2.75) is 57.5 Å². The number of nitrogens with zero attached hydrogens (tertiary/aromatic N) is 4. The van der Waals surface area contributed by atoms with E-state index in [9.17, 15) is 10.1 Å². The van der Waals surface area contributed by atoms with Crippen molar-refractivity contribution >= 4 is 5.69 Å². The van der Waals surface area contributed by atoms with Gasteiger partial charge in [-0.15, -0.1) is 0 Å². The first kappa shape index (κ1) is 25.4. The van der Waals surface area contributed by atoms with E-state index in [0.29, 0.717) is 42.5 Å². The van der Waals surface area contributed by atoms with E-state index >= 15 is 0 Å². The first-order valence-electron chi connectivity index (χ1n) is 12.4. The summed E-state index contributed by atoms with van der Waals surface area (Å²) in [6.07, 6.45) is 8.63. The average Bonchev–Trinajstić information content (AvgIpc) is 3.32. The van der Waals surface area contributed by atoms with Crippen LogP contribution in [0, 0.1) is 17.2 Å². The quantitative estimate of drug-likeness (QED) is 0.491. The molecule has 0 atom stereocenters. The topological polar surface area (TPSA) is 94.1 Å². The molecule has 2 aromatic heterocycles. The molecule has 36 heavy (non-hydrogen) atoms. The molecule has 4 rings (SSSR count). The molecule has 1 aromatic carbocycles. The zero-order chi connectivity index (χ0) is 25.9. The van der Waals surface area contributed by atoms with Crippen molar-refractivity contribution in [3.63, 3.8) is 0 Å². The largest absolute Gasteiger partial charge is 0.493 e. The highest BCUT2D eigenvalue weighted by molar-refractivity contribution is 5.65. The van der Waals surface area contributed by atoms with Gasteiger partial charge in [0.25, 0.3) is 5.56 Å². The molecule has 0 amide bonds. The molecule has 8 heteroatoms. The van der Waals surface area contributed by atoms with Crippen LogP contribution in [-0.2, 0) is 19.0 Å². The molecule has 0 saturated heterocycles. The van der Waals surface area contributed by atoms with Crippen LogP contribution < -0.4 is 20.3 Å². The van der Waals surface area contributed by atoms with Gasteiger partial charge in [0.1, 0.15) is 5.69 Å². The monoisotopic (exact) mass is 489 g/mol. The summed E-state index contributed by atoms with van der Waals surface area (Å²) in [5.74, 6) is 1.62. The average molecular weight is 490 g/mol. The van der Waals surface area contributed by atoms with Gasteiger partial charge in [0.15, 0.2) is 11.5 Å². The molecule has 1 aliphatic rings. The van der Waals surface area contributed by atoms with Crippen LogP contribution in [0.5, 0.6) is 11.5 Å². The first-order chi connectivity index (χ1) is 17.3.